The molecule has 2 aliphatic rings. The monoisotopic (exact) mass is 1090 g/mol. The van der Waals surface area contributed by atoms with Gasteiger partial charge in [-0.1, -0.05) is 111 Å². The van der Waals surface area contributed by atoms with E-state index in [0.717, 1.165) is 35.1 Å². The van der Waals surface area contributed by atoms with Crippen LogP contribution in [-0.4, -0.2) is 129 Å². The summed E-state index contributed by atoms with van der Waals surface area (Å²) in [5.41, 5.74) is 9.99. The molecule has 2 aliphatic carbocycles. The van der Waals surface area contributed by atoms with Crippen molar-refractivity contribution in [1.29, 1.82) is 0 Å². The van der Waals surface area contributed by atoms with Crippen molar-refractivity contribution < 1.29 is 47.6 Å². The van der Waals surface area contributed by atoms with Crippen LogP contribution in [0.15, 0.2) is 117 Å². The van der Waals surface area contributed by atoms with Gasteiger partial charge in [-0.3, -0.25) is 19.2 Å². The maximum absolute atomic E-state index is 13.5. The smallest absolute Gasteiger partial charge is 0.244 e. The van der Waals surface area contributed by atoms with Gasteiger partial charge in [-0.2, -0.15) is 0 Å². The summed E-state index contributed by atoms with van der Waals surface area (Å²) >= 11 is 0. The van der Waals surface area contributed by atoms with E-state index in [0.29, 0.717) is 131 Å². The summed E-state index contributed by atoms with van der Waals surface area (Å²) < 4.78 is 32.6. The molecule has 0 bridgehead atoms. The van der Waals surface area contributed by atoms with Crippen molar-refractivity contribution in [3.05, 3.63) is 117 Å². The van der Waals surface area contributed by atoms with Crippen LogP contribution in [0.3, 0.4) is 0 Å². The predicted molar refractivity (Wildman–Crippen MR) is 317 cm³/mol. The van der Waals surface area contributed by atoms with E-state index in [1.165, 1.54) is 54.1 Å². The van der Waals surface area contributed by atoms with Gasteiger partial charge in [0.25, 0.3) is 0 Å². The fourth-order valence-corrected chi connectivity index (χ4v) is 9.16. The van der Waals surface area contributed by atoms with Crippen LogP contribution < -0.4 is 21.3 Å². The Hall–Kier alpha value is -4.96. The van der Waals surface area contributed by atoms with Gasteiger partial charge in [0.2, 0.25) is 23.6 Å². The lowest BCUT2D eigenvalue weighted by Crippen LogP contribution is -2.46. The highest BCUT2D eigenvalue weighted by molar-refractivity contribution is 5.93. The summed E-state index contributed by atoms with van der Waals surface area (Å²) in [6.07, 6.45) is 34.1. The van der Waals surface area contributed by atoms with E-state index in [9.17, 15) is 19.2 Å². The Bertz CT molecular complexity index is 2140. The number of unbranched alkanes of at least 4 members (excludes halogenated alkanes) is 1. The third-order valence-corrected chi connectivity index (χ3v) is 13.7. The second-order valence-corrected chi connectivity index (χ2v) is 21.8. The quantitative estimate of drug-likeness (QED) is 0.0263. The molecule has 1 atom stereocenters. The molecule has 0 radical (unpaired) electrons. The molecule has 0 unspecified atom stereocenters. The standard InChI is InChI=1S/C64H102N4O10/c1-50(27-29-56-54(5)24-16-32-63(56,7)8)20-14-22-52(3)48-60(70)66-34-13-12-26-58(68-61(71)49-53(4)23-15-21-51(2)28-30-57-55(6)25-17-33-64(57,9)10)62(72)67-36-19-38-75-43-46-78-45-42-74-37-18-35-65-59(69)31-39-76-44-47-77-41-40-73-11/h14-15,20-23,27-30,48-49,58H,12-13,16-19,24-26,31-47H2,1-11H3,(H,65,69)(H,66,70)(H,67,72)(H,68,71)/b22-14+,23-15+,29-27+,30-28+,50-20+,51-21+,52-48+,53-49+/t58-/m0/s1. The lowest BCUT2D eigenvalue weighted by Gasteiger charge is -2.33. The van der Waals surface area contributed by atoms with Gasteiger partial charge >= 0.3 is 0 Å². The summed E-state index contributed by atoms with van der Waals surface area (Å²) in [6.45, 7) is 27.9. The Balaban J connectivity index is 1.80. The molecule has 0 saturated carbocycles. The van der Waals surface area contributed by atoms with Crippen LogP contribution in [-0.2, 0) is 47.6 Å². The number of hydrogen-bond acceptors (Lipinski definition) is 10. The summed E-state index contributed by atoms with van der Waals surface area (Å²) in [5.74, 6) is -0.861. The van der Waals surface area contributed by atoms with Gasteiger partial charge in [0.1, 0.15) is 6.04 Å². The Morgan fingerprint density at radius 3 is 1.47 bits per heavy atom. The first-order chi connectivity index (χ1) is 37.3. The molecule has 4 N–H and O–H groups in total. The molecule has 0 aromatic carbocycles. The molecule has 0 saturated heterocycles. The maximum atomic E-state index is 13.5. The van der Waals surface area contributed by atoms with E-state index >= 15 is 0 Å². The Morgan fingerprint density at radius 1 is 0.526 bits per heavy atom. The number of methoxy groups -OCH3 is 1. The topological polar surface area (TPSA) is 172 Å². The van der Waals surface area contributed by atoms with E-state index in [-0.39, 0.29) is 34.5 Å². The summed E-state index contributed by atoms with van der Waals surface area (Å²) in [7, 11) is 1.62. The molecule has 0 heterocycles. The van der Waals surface area contributed by atoms with Crippen LogP contribution in [0.1, 0.15) is 146 Å². The average molecular weight is 1090 g/mol. The fourth-order valence-electron chi connectivity index (χ4n) is 9.16. The molecule has 14 nitrogen and oxygen atoms in total. The van der Waals surface area contributed by atoms with Crippen molar-refractivity contribution in [1.82, 2.24) is 21.3 Å². The largest absolute Gasteiger partial charge is 0.382 e. The third-order valence-electron chi connectivity index (χ3n) is 13.7. The van der Waals surface area contributed by atoms with Crippen molar-refractivity contribution in [2.45, 2.75) is 152 Å². The number of carbonyl (C=O) groups excluding carboxylic acids is 4. The number of nitrogens with one attached hydrogen (secondary N) is 4. The SMILES string of the molecule is COCCOCCOCCC(=O)NCCCOCCOCCOCCCNC(=O)[C@H](CCCCNC(=O)/C=C(C)/C=C/C=C(C)/C=C/C1=C(C)CCCC1(C)C)NC(=O)/C=C(C)/C=C/C=C(C)/C=C/C1=C(C)CCCC1(C)C. The molecule has 0 aromatic heterocycles. The van der Waals surface area contributed by atoms with Crippen molar-refractivity contribution in [3.8, 4) is 0 Å². The van der Waals surface area contributed by atoms with Gasteiger partial charge in [-0.15, -0.1) is 0 Å². The molecule has 4 amide bonds. The second-order valence-electron chi connectivity index (χ2n) is 21.8. The van der Waals surface area contributed by atoms with Crippen LogP contribution in [0.2, 0.25) is 0 Å². The van der Waals surface area contributed by atoms with Crippen LogP contribution >= 0.6 is 0 Å². The highest BCUT2D eigenvalue weighted by atomic mass is 16.5. The minimum absolute atomic E-state index is 0.0605. The zero-order chi connectivity index (χ0) is 57.4. The summed E-state index contributed by atoms with van der Waals surface area (Å²) in [6, 6.07) is -0.757. The predicted octanol–water partition coefficient (Wildman–Crippen LogP) is 11.0. The van der Waals surface area contributed by atoms with E-state index in [1.807, 2.05) is 44.2 Å². The van der Waals surface area contributed by atoms with Gasteiger partial charge < -0.3 is 49.7 Å². The fraction of sp³-hybridized carbons (Fsp3) is 0.625. The van der Waals surface area contributed by atoms with E-state index in [4.69, 9.17) is 28.4 Å². The summed E-state index contributed by atoms with van der Waals surface area (Å²) in [5, 5.41) is 11.7. The van der Waals surface area contributed by atoms with Gasteiger partial charge in [0, 0.05) is 58.5 Å². The minimum atomic E-state index is -0.757. The molecular weight excluding hydrogens is 985 g/mol. The minimum Gasteiger partial charge on any atom is -0.382 e. The van der Waals surface area contributed by atoms with E-state index < -0.39 is 6.04 Å². The highest BCUT2D eigenvalue weighted by Gasteiger charge is 2.27. The first kappa shape index (κ1) is 69.1. The van der Waals surface area contributed by atoms with E-state index in [1.54, 1.807) is 13.2 Å². The number of allylic oxidation sites excluding steroid dienone is 18. The molecule has 2 rings (SSSR count). The van der Waals surface area contributed by atoms with Crippen molar-refractivity contribution in [2.24, 2.45) is 10.8 Å². The molecule has 0 fully saturated rings. The Labute approximate surface area is 470 Å². The zero-order valence-electron chi connectivity index (χ0n) is 50.0. The summed E-state index contributed by atoms with van der Waals surface area (Å²) in [4.78, 5) is 51.5. The van der Waals surface area contributed by atoms with Crippen LogP contribution in [0.5, 0.6) is 0 Å². The molecule has 0 spiro atoms. The lowest BCUT2D eigenvalue weighted by molar-refractivity contribution is -0.127. The Morgan fingerprint density at radius 2 is 0.974 bits per heavy atom. The van der Waals surface area contributed by atoms with Crippen LogP contribution in [0, 0.1) is 10.8 Å². The molecule has 438 valence electrons. The second kappa shape index (κ2) is 41.1. The number of amides is 4. The molecule has 0 aromatic rings. The lowest BCUT2D eigenvalue weighted by atomic mass is 9.72. The van der Waals surface area contributed by atoms with Crippen molar-refractivity contribution >= 4 is 23.6 Å². The molecule has 14 heteroatoms. The van der Waals surface area contributed by atoms with Gasteiger partial charge in [-0.05, 0) is 145 Å². The van der Waals surface area contributed by atoms with Gasteiger partial charge in [-0.25, -0.2) is 0 Å². The highest BCUT2D eigenvalue weighted by Crippen LogP contribution is 2.42. The van der Waals surface area contributed by atoms with Crippen LogP contribution in [0.25, 0.3) is 0 Å². The third kappa shape index (κ3) is 32.8. The van der Waals surface area contributed by atoms with E-state index in [2.05, 4.69) is 107 Å². The van der Waals surface area contributed by atoms with Crippen molar-refractivity contribution in [2.75, 3.05) is 99.4 Å². The average Bonchev–Trinajstić information content (AvgIpc) is 3.39. The van der Waals surface area contributed by atoms with Gasteiger partial charge in [0.05, 0.1) is 59.5 Å². The normalized spacial score (nSPS) is 17.0. The number of rotatable bonds is 40. The van der Waals surface area contributed by atoms with Gasteiger partial charge in [0.15, 0.2) is 0 Å². The molecule has 78 heavy (non-hydrogen) atoms. The maximum Gasteiger partial charge on any atom is 0.244 e. The number of carbonyl (C=O) groups is 4. The first-order valence-corrected chi connectivity index (χ1v) is 28.7. The zero-order valence-corrected chi connectivity index (χ0v) is 50.0. The number of ether oxygens (including phenoxy) is 6. The first-order valence-electron chi connectivity index (χ1n) is 28.7. The molecule has 0 aliphatic heterocycles. The van der Waals surface area contributed by atoms with Crippen molar-refractivity contribution in [3.63, 3.8) is 0 Å². The Kier molecular flexibility index (Phi) is 36.4. The number of hydrogen-bond donors (Lipinski definition) is 4. The van der Waals surface area contributed by atoms with Crippen LogP contribution in [0.4, 0.5) is 0 Å². The molecular formula is C64H102N4O10.